The Hall–Kier alpha value is -1.78. The Morgan fingerprint density at radius 3 is 2.44 bits per heavy atom. The highest BCUT2D eigenvalue weighted by atomic mass is 19.4. The Labute approximate surface area is 90.1 Å². The van der Waals surface area contributed by atoms with E-state index in [2.05, 4.69) is 9.97 Å². The van der Waals surface area contributed by atoms with Gasteiger partial charge in [-0.2, -0.15) is 13.2 Å². The molecular weight excluding hydrogens is 217 g/mol. The number of alkyl halides is 3. The summed E-state index contributed by atoms with van der Waals surface area (Å²) in [5.41, 5.74) is -0.153. The zero-order valence-corrected chi connectivity index (χ0v) is 8.47. The summed E-state index contributed by atoms with van der Waals surface area (Å²) < 4.78 is 38.1. The fourth-order valence-electron chi connectivity index (χ4n) is 1.52. The van der Waals surface area contributed by atoms with Crippen LogP contribution < -0.4 is 0 Å². The molecule has 5 heteroatoms. The van der Waals surface area contributed by atoms with Gasteiger partial charge in [-0.3, -0.25) is 0 Å². The van der Waals surface area contributed by atoms with Crippen LogP contribution in [0.15, 0.2) is 30.5 Å². The molecule has 2 rings (SSSR count). The maximum Gasteiger partial charge on any atom is 0.417 e. The molecule has 0 bridgehead atoms. The van der Waals surface area contributed by atoms with E-state index >= 15 is 0 Å². The second-order valence-corrected chi connectivity index (χ2v) is 3.43. The van der Waals surface area contributed by atoms with E-state index in [1.165, 1.54) is 18.3 Å². The molecule has 0 spiro atoms. The fraction of sp³-hybridized carbons (Fsp3) is 0.182. The molecule has 1 N–H and O–H groups in total. The van der Waals surface area contributed by atoms with Crippen molar-refractivity contribution in [3.8, 4) is 11.3 Å². The van der Waals surface area contributed by atoms with E-state index in [1.807, 2.05) is 0 Å². The Balaban J connectivity index is 2.57. The van der Waals surface area contributed by atoms with Gasteiger partial charge in [-0.05, 0) is 13.0 Å². The van der Waals surface area contributed by atoms with Crippen molar-refractivity contribution >= 4 is 0 Å². The molecule has 84 valence electrons. The third-order valence-corrected chi connectivity index (χ3v) is 2.23. The van der Waals surface area contributed by atoms with Gasteiger partial charge in [-0.25, -0.2) is 4.98 Å². The number of imidazole rings is 1. The number of aromatic nitrogens is 2. The summed E-state index contributed by atoms with van der Waals surface area (Å²) in [6.07, 6.45) is -2.95. The Morgan fingerprint density at radius 1 is 1.19 bits per heavy atom. The third-order valence-electron chi connectivity index (χ3n) is 2.23. The summed E-state index contributed by atoms with van der Waals surface area (Å²) in [6, 6.07) is 5.43. The zero-order valence-electron chi connectivity index (χ0n) is 8.47. The number of H-pyrrole nitrogens is 1. The lowest BCUT2D eigenvalue weighted by molar-refractivity contribution is -0.137. The molecule has 0 radical (unpaired) electrons. The van der Waals surface area contributed by atoms with Gasteiger partial charge in [0.15, 0.2) is 0 Å². The number of hydrogen-bond donors (Lipinski definition) is 1. The van der Waals surface area contributed by atoms with Gasteiger partial charge in [0, 0.05) is 5.56 Å². The normalized spacial score (nSPS) is 11.8. The van der Waals surface area contributed by atoms with E-state index in [0.29, 0.717) is 11.5 Å². The summed E-state index contributed by atoms with van der Waals surface area (Å²) in [6.45, 7) is 1.69. The number of benzene rings is 1. The van der Waals surface area contributed by atoms with Crippen LogP contribution in [-0.2, 0) is 6.18 Å². The highest BCUT2D eigenvalue weighted by Crippen LogP contribution is 2.36. The second kappa shape index (κ2) is 3.66. The summed E-state index contributed by atoms with van der Waals surface area (Å²) in [5.74, 6) is 0.590. The average molecular weight is 226 g/mol. The van der Waals surface area contributed by atoms with Crippen molar-refractivity contribution < 1.29 is 13.2 Å². The number of hydrogen-bond acceptors (Lipinski definition) is 1. The molecule has 2 nitrogen and oxygen atoms in total. The number of aromatic amines is 1. The molecule has 1 heterocycles. The van der Waals surface area contributed by atoms with Crippen LogP contribution in [0.1, 0.15) is 11.4 Å². The molecule has 0 saturated heterocycles. The Kier molecular flexibility index (Phi) is 2.46. The first kappa shape index (κ1) is 10.7. The van der Waals surface area contributed by atoms with Gasteiger partial charge in [0.05, 0.1) is 17.5 Å². The van der Waals surface area contributed by atoms with Crippen molar-refractivity contribution in [2.24, 2.45) is 0 Å². The van der Waals surface area contributed by atoms with Gasteiger partial charge in [0.2, 0.25) is 0 Å². The highest BCUT2D eigenvalue weighted by molar-refractivity contribution is 5.63. The van der Waals surface area contributed by atoms with Crippen LogP contribution in [0.25, 0.3) is 11.3 Å². The maximum absolute atomic E-state index is 12.7. The largest absolute Gasteiger partial charge is 0.417 e. The van der Waals surface area contributed by atoms with Crippen molar-refractivity contribution in [1.29, 1.82) is 0 Å². The van der Waals surface area contributed by atoms with E-state index < -0.39 is 11.7 Å². The summed E-state index contributed by atoms with van der Waals surface area (Å²) >= 11 is 0. The molecule has 0 saturated carbocycles. The van der Waals surface area contributed by atoms with E-state index in [9.17, 15) is 13.2 Å². The van der Waals surface area contributed by atoms with E-state index in [4.69, 9.17) is 0 Å². The molecule has 0 atom stereocenters. The minimum atomic E-state index is -4.35. The van der Waals surface area contributed by atoms with Gasteiger partial charge in [-0.1, -0.05) is 18.2 Å². The fourth-order valence-corrected chi connectivity index (χ4v) is 1.52. The minimum absolute atomic E-state index is 0.121. The first-order valence-electron chi connectivity index (χ1n) is 4.66. The van der Waals surface area contributed by atoms with E-state index in [-0.39, 0.29) is 5.56 Å². The first-order chi connectivity index (χ1) is 7.48. The predicted molar refractivity (Wildman–Crippen MR) is 53.8 cm³/mol. The molecule has 0 fully saturated rings. The molecular formula is C11H9F3N2. The summed E-state index contributed by atoms with van der Waals surface area (Å²) in [5, 5.41) is 0. The molecule has 0 aliphatic heterocycles. The number of aryl methyl sites for hydroxylation is 1. The summed E-state index contributed by atoms with van der Waals surface area (Å²) in [7, 11) is 0. The topological polar surface area (TPSA) is 28.7 Å². The predicted octanol–water partition coefficient (Wildman–Crippen LogP) is 3.40. The van der Waals surface area contributed by atoms with E-state index in [0.717, 1.165) is 6.07 Å². The van der Waals surface area contributed by atoms with Crippen LogP contribution >= 0.6 is 0 Å². The van der Waals surface area contributed by atoms with Crippen molar-refractivity contribution in [1.82, 2.24) is 9.97 Å². The van der Waals surface area contributed by atoms with E-state index in [1.54, 1.807) is 13.0 Å². The smallest absolute Gasteiger partial charge is 0.342 e. The number of halogens is 3. The molecule has 16 heavy (non-hydrogen) atoms. The van der Waals surface area contributed by atoms with Crippen LogP contribution in [0.4, 0.5) is 13.2 Å². The van der Waals surface area contributed by atoms with Crippen LogP contribution in [0, 0.1) is 6.92 Å². The molecule has 1 aromatic heterocycles. The average Bonchev–Trinajstić information content (AvgIpc) is 2.64. The Bertz CT molecular complexity index is 500. The van der Waals surface area contributed by atoms with Crippen LogP contribution in [-0.4, -0.2) is 9.97 Å². The molecule has 1 aromatic carbocycles. The van der Waals surface area contributed by atoms with Crippen LogP contribution in [0.5, 0.6) is 0 Å². The zero-order chi connectivity index (χ0) is 11.8. The third kappa shape index (κ3) is 1.93. The van der Waals surface area contributed by atoms with Gasteiger partial charge >= 0.3 is 6.18 Å². The van der Waals surface area contributed by atoms with Crippen LogP contribution in [0.3, 0.4) is 0 Å². The van der Waals surface area contributed by atoms with Gasteiger partial charge in [0.25, 0.3) is 0 Å². The second-order valence-electron chi connectivity index (χ2n) is 3.43. The van der Waals surface area contributed by atoms with Crippen molar-refractivity contribution in [2.45, 2.75) is 13.1 Å². The molecule has 0 unspecified atom stereocenters. The quantitative estimate of drug-likeness (QED) is 0.793. The van der Waals surface area contributed by atoms with Crippen molar-refractivity contribution in [3.05, 3.63) is 41.9 Å². The number of rotatable bonds is 1. The lowest BCUT2D eigenvalue weighted by Crippen LogP contribution is -2.06. The number of nitrogens with one attached hydrogen (secondary N) is 1. The maximum atomic E-state index is 12.7. The van der Waals surface area contributed by atoms with Gasteiger partial charge in [-0.15, -0.1) is 0 Å². The molecule has 0 amide bonds. The van der Waals surface area contributed by atoms with Crippen molar-refractivity contribution in [2.75, 3.05) is 0 Å². The lowest BCUT2D eigenvalue weighted by Gasteiger charge is -2.10. The standard InChI is InChI=1S/C11H9F3N2/c1-7-15-6-10(16-7)8-4-2-3-5-9(8)11(12,13)14/h2-6H,1H3,(H,15,16). The first-order valence-corrected chi connectivity index (χ1v) is 4.66. The van der Waals surface area contributed by atoms with Crippen LogP contribution in [0.2, 0.25) is 0 Å². The SMILES string of the molecule is Cc1ncc(-c2ccccc2C(F)(F)F)[nH]1. The number of nitrogens with zero attached hydrogens (tertiary/aromatic N) is 1. The molecule has 2 aromatic rings. The minimum Gasteiger partial charge on any atom is -0.342 e. The Morgan fingerprint density at radius 2 is 1.88 bits per heavy atom. The van der Waals surface area contributed by atoms with Gasteiger partial charge < -0.3 is 4.98 Å². The van der Waals surface area contributed by atoms with Crippen molar-refractivity contribution in [3.63, 3.8) is 0 Å². The lowest BCUT2D eigenvalue weighted by atomic mass is 10.1. The highest BCUT2D eigenvalue weighted by Gasteiger charge is 2.33. The molecule has 0 aliphatic rings. The summed E-state index contributed by atoms with van der Waals surface area (Å²) in [4.78, 5) is 6.69. The molecule has 0 aliphatic carbocycles. The monoisotopic (exact) mass is 226 g/mol. The van der Waals surface area contributed by atoms with Gasteiger partial charge in [0.1, 0.15) is 5.82 Å².